The van der Waals surface area contributed by atoms with Gasteiger partial charge >= 0.3 is 0 Å². The second-order valence-corrected chi connectivity index (χ2v) is 11.7. The van der Waals surface area contributed by atoms with E-state index in [1.165, 1.54) is 33.4 Å². The molecule has 2 heteroatoms. The van der Waals surface area contributed by atoms with Crippen molar-refractivity contribution in [3.63, 3.8) is 0 Å². The highest BCUT2D eigenvalue weighted by Crippen LogP contribution is 2.56. The van der Waals surface area contributed by atoms with Gasteiger partial charge in [-0.3, -0.25) is 0 Å². The SMILES string of the molecule is c1ccc(N(c2ccccc2)c2ccc(C3(c4ccc5oc6ccccc6c5c4)c4ccccc4-c4ccccc43)cc2)cc1. The number of anilines is 3. The lowest BCUT2D eigenvalue weighted by molar-refractivity contribution is 0.668. The van der Waals surface area contributed by atoms with E-state index in [1.807, 2.05) is 6.07 Å². The topological polar surface area (TPSA) is 16.4 Å². The van der Waals surface area contributed by atoms with Gasteiger partial charge in [-0.05, 0) is 88.0 Å². The van der Waals surface area contributed by atoms with E-state index in [2.05, 4.69) is 175 Å². The van der Waals surface area contributed by atoms with Gasteiger partial charge in [0.25, 0.3) is 0 Å². The molecule has 1 aliphatic rings. The van der Waals surface area contributed by atoms with Gasteiger partial charge in [-0.1, -0.05) is 121 Å². The summed E-state index contributed by atoms with van der Waals surface area (Å²) in [5.41, 5.74) is 12.3. The van der Waals surface area contributed by atoms with Crippen LogP contribution >= 0.6 is 0 Å². The van der Waals surface area contributed by atoms with Crippen molar-refractivity contribution in [2.45, 2.75) is 5.41 Å². The molecule has 1 heterocycles. The first-order valence-corrected chi connectivity index (χ1v) is 15.4. The standard InChI is InChI=1S/C43H29NO/c1-3-13-32(14-4-1)44(33-15-5-2-6-16-33)34-26-23-30(24-27-34)43(39-20-10-7-17-35(39)36-18-8-11-21-40(36)43)31-25-28-42-38(29-31)37-19-9-12-22-41(37)45-42/h1-29H. The molecule has 0 fully saturated rings. The van der Waals surface area contributed by atoms with Crippen molar-refractivity contribution in [2.75, 3.05) is 4.90 Å². The number of hydrogen-bond acceptors (Lipinski definition) is 2. The smallest absolute Gasteiger partial charge is 0.135 e. The number of hydrogen-bond donors (Lipinski definition) is 0. The second-order valence-electron chi connectivity index (χ2n) is 11.7. The van der Waals surface area contributed by atoms with Gasteiger partial charge < -0.3 is 9.32 Å². The molecular formula is C43H29NO. The molecule has 0 saturated carbocycles. The first kappa shape index (κ1) is 25.6. The molecule has 1 aromatic heterocycles. The summed E-state index contributed by atoms with van der Waals surface area (Å²) >= 11 is 0. The molecule has 0 radical (unpaired) electrons. The molecule has 1 aliphatic carbocycles. The fourth-order valence-electron chi connectivity index (χ4n) is 7.44. The van der Waals surface area contributed by atoms with Gasteiger partial charge in [0.05, 0.1) is 5.41 Å². The zero-order valence-corrected chi connectivity index (χ0v) is 24.6. The molecule has 0 N–H and O–H groups in total. The lowest BCUT2D eigenvalue weighted by Crippen LogP contribution is -2.28. The zero-order chi connectivity index (χ0) is 29.8. The Bertz CT molecular complexity index is 2230. The van der Waals surface area contributed by atoms with E-state index in [-0.39, 0.29) is 0 Å². The highest BCUT2D eigenvalue weighted by molar-refractivity contribution is 6.05. The molecule has 45 heavy (non-hydrogen) atoms. The van der Waals surface area contributed by atoms with E-state index in [1.54, 1.807) is 0 Å². The number of para-hydroxylation sites is 3. The second kappa shape index (κ2) is 10.1. The summed E-state index contributed by atoms with van der Waals surface area (Å²) in [5.74, 6) is 0. The molecular weight excluding hydrogens is 546 g/mol. The summed E-state index contributed by atoms with van der Waals surface area (Å²) in [6.45, 7) is 0. The Morgan fingerprint density at radius 1 is 0.378 bits per heavy atom. The first-order valence-electron chi connectivity index (χ1n) is 15.4. The van der Waals surface area contributed by atoms with Gasteiger partial charge in [0, 0.05) is 27.8 Å². The van der Waals surface area contributed by atoms with Gasteiger partial charge in [-0.25, -0.2) is 0 Å². The Balaban J connectivity index is 1.30. The Hall–Kier alpha value is -5.86. The molecule has 0 saturated heterocycles. The van der Waals surface area contributed by atoms with Crippen LogP contribution in [0.5, 0.6) is 0 Å². The van der Waals surface area contributed by atoms with E-state index in [0.29, 0.717) is 0 Å². The highest BCUT2D eigenvalue weighted by Gasteiger charge is 2.46. The zero-order valence-electron chi connectivity index (χ0n) is 24.6. The third kappa shape index (κ3) is 3.82. The summed E-state index contributed by atoms with van der Waals surface area (Å²) in [6, 6.07) is 63.2. The first-order chi connectivity index (χ1) is 22.3. The van der Waals surface area contributed by atoms with E-state index in [0.717, 1.165) is 39.0 Å². The number of nitrogens with zero attached hydrogens (tertiary/aromatic N) is 1. The van der Waals surface area contributed by atoms with Gasteiger partial charge in [0.1, 0.15) is 11.2 Å². The van der Waals surface area contributed by atoms with Crippen LogP contribution in [0.1, 0.15) is 22.3 Å². The normalized spacial score (nSPS) is 13.1. The minimum atomic E-state index is -0.497. The highest BCUT2D eigenvalue weighted by atomic mass is 16.3. The van der Waals surface area contributed by atoms with Crippen molar-refractivity contribution in [1.29, 1.82) is 0 Å². The predicted molar refractivity (Wildman–Crippen MR) is 186 cm³/mol. The Morgan fingerprint density at radius 2 is 0.867 bits per heavy atom. The van der Waals surface area contributed by atoms with Crippen LogP contribution in [0.3, 0.4) is 0 Å². The maximum absolute atomic E-state index is 6.27. The van der Waals surface area contributed by atoms with E-state index < -0.39 is 5.41 Å². The van der Waals surface area contributed by atoms with Gasteiger partial charge in [0.15, 0.2) is 0 Å². The average Bonchev–Trinajstić information content (AvgIpc) is 3.63. The molecule has 0 bridgehead atoms. The van der Waals surface area contributed by atoms with Crippen LogP contribution in [0.15, 0.2) is 180 Å². The van der Waals surface area contributed by atoms with E-state index >= 15 is 0 Å². The van der Waals surface area contributed by atoms with Crippen LogP contribution in [0, 0.1) is 0 Å². The maximum atomic E-state index is 6.27. The van der Waals surface area contributed by atoms with Crippen molar-refractivity contribution in [2.24, 2.45) is 0 Å². The number of furan rings is 1. The summed E-state index contributed by atoms with van der Waals surface area (Å²) in [4.78, 5) is 2.32. The Morgan fingerprint density at radius 3 is 1.51 bits per heavy atom. The fourth-order valence-corrected chi connectivity index (χ4v) is 7.44. The Kier molecular flexibility index (Phi) is 5.76. The summed E-state index contributed by atoms with van der Waals surface area (Å²) in [7, 11) is 0. The largest absolute Gasteiger partial charge is 0.456 e. The maximum Gasteiger partial charge on any atom is 0.135 e. The number of fused-ring (bicyclic) bond motifs is 6. The van der Waals surface area contributed by atoms with Crippen LogP contribution in [0.25, 0.3) is 33.1 Å². The van der Waals surface area contributed by atoms with E-state index in [9.17, 15) is 0 Å². The molecule has 0 unspecified atom stereocenters. The molecule has 212 valence electrons. The van der Waals surface area contributed by atoms with Crippen LogP contribution in [0.2, 0.25) is 0 Å². The Labute approximate surface area is 262 Å². The van der Waals surface area contributed by atoms with Crippen molar-refractivity contribution >= 4 is 39.0 Å². The van der Waals surface area contributed by atoms with Gasteiger partial charge in [-0.2, -0.15) is 0 Å². The predicted octanol–water partition coefficient (Wildman–Crippen LogP) is 11.4. The molecule has 0 spiro atoms. The van der Waals surface area contributed by atoms with Crippen LogP contribution in [-0.2, 0) is 5.41 Å². The minimum Gasteiger partial charge on any atom is -0.456 e. The van der Waals surface area contributed by atoms with Crippen molar-refractivity contribution in [1.82, 2.24) is 0 Å². The summed E-state index contributed by atoms with van der Waals surface area (Å²) in [6.07, 6.45) is 0. The molecule has 7 aromatic carbocycles. The van der Waals surface area contributed by atoms with E-state index in [4.69, 9.17) is 4.42 Å². The average molecular weight is 576 g/mol. The van der Waals surface area contributed by atoms with Gasteiger partial charge in [-0.15, -0.1) is 0 Å². The third-order valence-electron chi connectivity index (χ3n) is 9.35. The van der Waals surface area contributed by atoms with Crippen molar-refractivity contribution < 1.29 is 4.42 Å². The molecule has 2 nitrogen and oxygen atoms in total. The van der Waals surface area contributed by atoms with Crippen LogP contribution in [0.4, 0.5) is 17.1 Å². The summed E-state index contributed by atoms with van der Waals surface area (Å²) in [5, 5.41) is 2.28. The molecule has 0 amide bonds. The number of rotatable bonds is 5. The molecule has 0 atom stereocenters. The lowest BCUT2D eigenvalue weighted by Gasteiger charge is -2.34. The number of benzene rings is 7. The quantitative estimate of drug-likeness (QED) is 0.203. The van der Waals surface area contributed by atoms with Crippen LogP contribution in [-0.4, -0.2) is 0 Å². The molecule has 0 aliphatic heterocycles. The molecule has 9 rings (SSSR count). The summed E-state index contributed by atoms with van der Waals surface area (Å²) < 4.78 is 6.27. The van der Waals surface area contributed by atoms with Crippen LogP contribution < -0.4 is 4.90 Å². The third-order valence-corrected chi connectivity index (χ3v) is 9.35. The molecule has 8 aromatic rings. The monoisotopic (exact) mass is 575 g/mol. The van der Waals surface area contributed by atoms with Crippen molar-refractivity contribution in [3.8, 4) is 11.1 Å². The van der Waals surface area contributed by atoms with Crippen molar-refractivity contribution in [3.05, 3.63) is 198 Å². The minimum absolute atomic E-state index is 0.497. The van der Waals surface area contributed by atoms with Gasteiger partial charge in [0.2, 0.25) is 0 Å². The lowest BCUT2D eigenvalue weighted by atomic mass is 9.67. The fraction of sp³-hybridized carbons (Fsp3) is 0.0233.